The maximum atomic E-state index is 12.8. The number of para-hydroxylation sites is 2. The van der Waals surface area contributed by atoms with Crippen LogP contribution in [0.1, 0.15) is 10.4 Å². The molecule has 0 saturated carbocycles. The summed E-state index contributed by atoms with van der Waals surface area (Å²) in [6, 6.07) is 12.4. The summed E-state index contributed by atoms with van der Waals surface area (Å²) in [5, 5.41) is 0. The van der Waals surface area contributed by atoms with Gasteiger partial charge in [-0.15, -0.1) is 0 Å². The predicted molar refractivity (Wildman–Crippen MR) is 89.5 cm³/mol. The summed E-state index contributed by atoms with van der Waals surface area (Å²) in [6.45, 7) is 0. The minimum atomic E-state index is -3.79. The fourth-order valence-electron chi connectivity index (χ4n) is 2.11. The second-order valence-electron chi connectivity index (χ2n) is 4.80. The maximum Gasteiger partial charge on any atom is 0.274 e. The Labute approximate surface area is 140 Å². The molecule has 0 radical (unpaired) electrons. The van der Waals surface area contributed by atoms with E-state index in [2.05, 4.69) is 10.3 Å². The number of hydroxylamine groups is 1. The molecule has 0 bridgehead atoms. The number of nitrogens with one attached hydrogen (secondary N) is 1. The van der Waals surface area contributed by atoms with Gasteiger partial charge in [0.15, 0.2) is 0 Å². The molecule has 0 aliphatic carbocycles. The first-order valence-corrected chi connectivity index (χ1v) is 8.41. The van der Waals surface area contributed by atoms with Crippen molar-refractivity contribution in [3.63, 3.8) is 0 Å². The number of carbonyl (C=O) groups is 1. The van der Waals surface area contributed by atoms with Crippen LogP contribution >= 0.6 is 0 Å². The number of anilines is 1. The highest BCUT2D eigenvalue weighted by Crippen LogP contribution is 2.30. The van der Waals surface area contributed by atoms with Crippen LogP contribution in [0, 0.1) is 0 Å². The van der Waals surface area contributed by atoms with E-state index >= 15 is 0 Å². The van der Waals surface area contributed by atoms with Gasteiger partial charge in [-0.1, -0.05) is 12.1 Å². The van der Waals surface area contributed by atoms with Gasteiger partial charge in [0.2, 0.25) is 0 Å². The molecule has 2 rings (SSSR count). The van der Waals surface area contributed by atoms with E-state index in [0.717, 1.165) is 4.31 Å². The number of benzene rings is 2. The largest absolute Gasteiger partial charge is 0.495 e. The standard InChI is InChI=1S/C16H18N2O5S/c1-18(14-6-4-5-7-15(14)22-2)24(20,21)13-10-8-12(9-11-13)16(19)17-23-3/h4-11H,1-3H3,(H,17,19). The number of hydrogen-bond donors (Lipinski definition) is 1. The number of rotatable bonds is 6. The Morgan fingerprint density at radius 2 is 1.67 bits per heavy atom. The molecule has 128 valence electrons. The molecule has 0 heterocycles. The van der Waals surface area contributed by atoms with E-state index in [1.807, 2.05) is 0 Å². The molecule has 1 amide bonds. The van der Waals surface area contributed by atoms with Gasteiger partial charge in [-0.05, 0) is 36.4 Å². The van der Waals surface area contributed by atoms with Crippen molar-refractivity contribution in [1.29, 1.82) is 0 Å². The number of sulfonamides is 1. The Balaban J connectivity index is 2.34. The van der Waals surface area contributed by atoms with Crippen LogP contribution in [0.4, 0.5) is 5.69 Å². The fraction of sp³-hybridized carbons (Fsp3) is 0.188. The third-order valence-corrected chi connectivity index (χ3v) is 5.18. The highest BCUT2D eigenvalue weighted by atomic mass is 32.2. The second-order valence-corrected chi connectivity index (χ2v) is 6.77. The Kier molecular flexibility index (Phi) is 5.42. The smallest absolute Gasteiger partial charge is 0.274 e. The van der Waals surface area contributed by atoms with Gasteiger partial charge in [0.1, 0.15) is 5.75 Å². The third-order valence-electron chi connectivity index (χ3n) is 3.39. The lowest BCUT2D eigenvalue weighted by atomic mass is 10.2. The van der Waals surface area contributed by atoms with E-state index in [-0.39, 0.29) is 10.5 Å². The Hall–Kier alpha value is -2.58. The normalized spacial score (nSPS) is 11.0. The van der Waals surface area contributed by atoms with Crippen molar-refractivity contribution in [2.24, 2.45) is 0 Å². The highest BCUT2D eigenvalue weighted by Gasteiger charge is 2.23. The van der Waals surface area contributed by atoms with Gasteiger partial charge in [-0.25, -0.2) is 13.9 Å². The van der Waals surface area contributed by atoms with Crippen molar-refractivity contribution in [2.45, 2.75) is 4.90 Å². The molecule has 7 nitrogen and oxygen atoms in total. The average Bonchev–Trinajstić information content (AvgIpc) is 2.61. The lowest BCUT2D eigenvalue weighted by Crippen LogP contribution is -2.27. The van der Waals surface area contributed by atoms with Gasteiger partial charge in [-0.3, -0.25) is 13.9 Å². The molecule has 0 spiro atoms. The molecule has 0 aliphatic rings. The van der Waals surface area contributed by atoms with Crippen LogP contribution in [-0.4, -0.2) is 35.6 Å². The molecule has 0 aliphatic heterocycles. The molecule has 2 aromatic carbocycles. The topological polar surface area (TPSA) is 84.9 Å². The quantitative estimate of drug-likeness (QED) is 0.803. The van der Waals surface area contributed by atoms with Crippen molar-refractivity contribution >= 4 is 21.6 Å². The SMILES string of the molecule is CONC(=O)c1ccc(S(=O)(=O)N(C)c2ccccc2OC)cc1. The Bertz CT molecular complexity index is 819. The first-order valence-electron chi connectivity index (χ1n) is 6.97. The first-order chi connectivity index (χ1) is 11.4. The van der Waals surface area contributed by atoms with Crippen molar-refractivity contribution in [2.75, 3.05) is 25.6 Å². The van der Waals surface area contributed by atoms with Crippen LogP contribution in [0.15, 0.2) is 53.4 Å². The fourth-order valence-corrected chi connectivity index (χ4v) is 3.31. The van der Waals surface area contributed by atoms with Crippen LogP contribution in [-0.2, 0) is 14.9 Å². The zero-order chi connectivity index (χ0) is 17.7. The lowest BCUT2D eigenvalue weighted by molar-refractivity contribution is 0.0537. The van der Waals surface area contributed by atoms with Crippen molar-refractivity contribution < 1.29 is 22.8 Å². The van der Waals surface area contributed by atoms with Crippen molar-refractivity contribution in [1.82, 2.24) is 5.48 Å². The Morgan fingerprint density at radius 3 is 2.25 bits per heavy atom. The number of ether oxygens (including phenoxy) is 1. The summed E-state index contributed by atoms with van der Waals surface area (Å²) in [5.41, 5.74) is 2.87. The molecule has 0 aromatic heterocycles. The number of carbonyl (C=O) groups excluding carboxylic acids is 1. The molecular formula is C16H18N2O5S. The maximum absolute atomic E-state index is 12.8. The van der Waals surface area contributed by atoms with Crippen molar-refractivity contribution in [3.8, 4) is 5.75 Å². The van der Waals surface area contributed by atoms with Crippen LogP contribution < -0.4 is 14.5 Å². The molecule has 1 N–H and O–H groups in total. The first kappa shape index (κ1) is 17.8. The minimum absolute atomic E-state index is 0.0601. The van der Waals surface area contributed by atoms with Gasteiger partial charge in [0.05, 0.1) is 24.8 Å². The molecule has 8 heteroatoms. The average molecular weight is 350 g/mol. The number of methoxy groups -OCH3 is 1. The van der Waals surface area contributed by atoms with E-state index < -0.39 is 15.9 Å². The zero-order valence-corrected chi connectivity index (χ0v) is 14.3. The number of amides is 1. The molecular weight excluding hydrogens is 332 g/mol. The highest BCUT2D eigenvalue weighted by molar-refractivity contribution is 7.92. The zero-order valence-electron chi connectivity index (χ0n) is 13.5. The summed E-state index contributed by atoms with van der Waals surface area (Å²) in [5.74, 6) is -0.0146. The van der Waals surface area contributed by atoms with E-state index in [1.54, 1.807) is 24.3 Å². The van der Waals surface area contributed by atoms with E-state index in [4.69, 9.17) is 4.74 Å². The molecule has 0 unspecified atom stereocenters. The summed E-state index contributed by atoms with van der Waals surface area (Å²) in [4.78, 5) is 16.2. The summed E-state index contributed by atoms with van der Waals surface area (Å²) < 4.78 is 31.8. The third kappa shape index (κ3) is 3.50. The van der Waals surface area contributed by atoms with E-state index in [0.29, 0.717) is 11.4 Å². The molecule has 24 heavy (non-hydrogen) atoms. The second kappa shape index (κ2) is 7.33. The monoisotopic (exact) mass is 350 g/mol. The minimum Gasteiger partial charge on any atom is -0.495 e. The molecule has 0 atom stereocenters. The number of hydrogen-bond acceptors (Lipinski definition) is 5. The molecule has 2 aromatic rings. The van der Waals surface area contributed by atoms with Crippen LogP contribution in [0.3, 0.4) is 0 Å². The van der Waals surface area contributed by atoms with Gasteiger partial charge in [0.25, 0.3) is 15.9 Å². The molecule has 0 saturated heterocycles. The summed E-state index contributed by atoms with van der Waals surface area (Å²) in [7, 11) is 0.447. The number of nitrogens with zero attached hydrogens (tertiary/aromatic N) is 1. The van der Waals surface area contributed by atoms with Crippen molar-refractivity contribution in [3.05, 3.63) is 54.1 Å². The van der Waals surface area contributed by atoms with Crippen LogP contribution in [0.2, 0.25) is 0 Å². The van der Waals surface area contributed by atoms with Gasteiger partial charge < -0.3 is 4.74 Å². The molecule has 0 fully saturated rings. The van der Waals surface area contributed by atoms with Gasteiger partial charge in [-0.2, -0.15) is 0 Å². The van der Waals surface area contributed by atoms with Gasteiger partial charge in [0, 0.05) is 12.6 Å². The van der Waals surface area contributed by atoms with Crippen LogP contribution in [0.25, 0.3) is 0 Å². The lowest BCUT2D eigenvalue weighted by Gasteiger charge is -2.21. The van der Waals surface area contributed by atoms with Crippen LogP contribution in [0.5, 0.6) is 5.75 Å². The summed E-state index contributed by atoms with van der Waals surface area (Å²) >= 11 is 0. The predicted octanol–water partition coefficient (Wildman–Crippen LogP) is 1.81. The summed E-state index contributed by atoms with van der Waals surface area (Å²) in [6.07, 6.45) is 0. The van der Waals surface area contributed by atoms with E-state index in [1.165, 1.54) is 45.5 Å². The Morgan fingerprint density at radius 1 is 1.04 bits per heavy atom. The van der Waals surface area contributed by atoms with E-state index in [9.17, 15) is 13.2 Å². The van der Waals surface area contributed by atoms with Gasteiger partial charge >= 0.3 is 0 Å².